The zero-order valence-electron chi connectivity index (χ0n) is 14.3. The van der Waals surface area contributed by atoms with E-state index in [-0.39, 0.29) is 11.0 Å². The summed E-state index contributed by atoms with van der Waals surface area (Å²) in [5, 5.41) is 5.33. The number of alkyl halides is 3. The molecule has 0 aliphatic carbocycles. The van der Waals surface area contributed by atoms with E-state index in [0.717, 1.165) is 15.1 Å². The van der Waals surface area contributed by atoms with Gasteiger partial charge in [0.1, 0.15) is 11.6 Å². The first-order valence-corrected chi connectivity index (χ1v) is 9.12. The van der Waals surface area contributed by atoms with Gasteiger partial charge in [-0.2, -0.15) is 13.2 Å². The number of para-hydroxylation sites is 2. The van der Waals surface area contributed by atoms with Crippen molar-refractivity contribution in [2.24, 2.45) is 0 Å². The molecule has 4 aromatic rings. The van der Waals surface area contributed by atoms with Crippen LogP contribution in [0.25, 0.3) is 21.6 Å². The normalized spacial score (nSPS) is 11.7. The lowest BCUT2D eigenvalue weighted by Gasteiger charge is -2.12. The first-order chi connectivity index (χ1) is 13.4. The van der Waals surface area contributed by atoms with Crippen molar-refractivity contribution in [1.82, 2.24) is 14.5 Å². The molecule has 4 rings (SSSR count). The standard InChI is InChI=1S/C19H13F3N4OS/c20-19(21,22)18-25-14-3-1-2-4-15(14)26(18)11-16(27)24-13-7-5-12(6-8-13)17-23-9-10-28-17/h1-10H,11H2,(H,24,27). The van der Waals surface area contributed by atoms with Crippen LogP contribution in [-0.4, -0.2) is 20.4 Å². The van der Waals surface area contributed by atoms with Gasteiger partial charge in [-0.25, -0.2) is 9.97 Å². The van der Waals surface area contributed by atoms with E-state index in [0.29, 0.717) is 5.69 Å². The van der Waals surface area contributed by atoms with Gasteiger partial charge in [0.15, 0.2) is 0 Å². The summed E-state index contributed by atoms with van der Waals surface area (Å²) in [4.78, 5) is 20.2. The van der Waals surface area contributed by atoms with Crippen LogP contribution in [0.1, 0.15) is 5.82 Å². The maximum Gasteiger partial charge on any atom is 0.449 e. The highest BCUT2D eigenvalue weighted by Gasteiger charge is 2.37. The molecule has 1 amide bonds. The number of carbonyl (C=O) groups is 1. The van der Waals surface area contributed by atoms with Crippen molar-refractivity contribution in [3.8, 4) is 10.6 Å². The largest absolute Gasteiger partial charge is 0.449 e. The van der Waals surface area contributed by atoms with Crippen LogP contribution in [0.4, 0.5) is 18.9 Å². The second-order valence-electron chi connectivity index (χ2n) is 5.97. The van der Waals surface area contributed by atoms with Crippen LogP contribution in [0, 0.1) is 0 Å². The first-order valence-electron chi connectivity index (χ1n) is 8.24. The van der Waals surface area contributed by atoms with Gasteiger partial charge in [-0.05, 0) is 36.4 Å². The number of imidazole rings is 1. The fraction of sp³-hybridized carbons (Fsp3) is 0.105. The molecule has 1 N–H and O–H groups in total. The lowest BCUT2D eigenvalue weighted by atomic mass is 10.2. The lowest BCUT2D eigenvalue weighted by Crippen LogP contribution is -2.23. The Labute approximate surface area is 161 Å². The van der Waals surface area contributed by atoms with E-state index in [1.54, 1.807) is 42.6 Å². The van der Waals surface area contributed by atoms with E-state index in [4.69, 9.17) is 0 Å². The van der Waals surface area contributed by atoms with Crippen molar-refractivity contribution in [3.05, 3.63) is 65.9 Å². The third-order valence-electron chi connectivity index (χ3n) is 4.06. The summed E-state index contributed by atoms with van der Waals surface area (Å²) in [6.45, 7) is -0.496. The Morgan fingerprint density at radius 3 is 2.54 bits per heavy atom. The predicted octanol–water partition coefficient (Wildman–Crippen LogP) is 4.82. The number of nitrogens with zero attached hydrogens (tertiary/aromatic N) is 3. The molecule has 0 atom stereocenters. The second kappa shape index (κ2) is 7.08. The average Bonchev–Trinajstić information content (AvgIpc) is 3.31. The Morgan fingerprint density at radius 2 is 1.86 bits per heavy atom. The molecule has 2 aromatic carbocycles. The molecule has 9 heteroatoms. The summed E-state index contributed by atoms with van der Waals surface area (Å²) in [7, 11) is 0. The van der Waals surface area contributed by atoms with Crippen LogP contribution < -0.4 is 5.32 Å². The number of carbonyl (C=O) groups excluding carboxylic acids is 1. The van der Waals surface area contributed by atoms with Gasteiger partial charge in [0.05, 0.1) is 11.0 Å². The van der Waals surface area contributed by atoms with Gasteiger partial charge in [0.25, 0.3) is 0 Å². The predicted molar refractivity (Wildman–Crippen MR) is 101 cm³/mol. The van der Waals surface area contributed by atoms with Crippen LogP contribution >= 0.6 is 11.3 Å². The van der Waals surface area contributed by atoms with Gasteiger partial charge >= 0.3 is 6.18 Å². The average molecular weight is 402 g/mol. The Kier molecular flexibility index (Phi) is 4.60. The zero-order chi connectivity index (χ0) is 19.7. The molecule has 2 heterocycles. The van der Waals surface area contributed by atoms with Crippen molar-refractivity contribution >= 4 is 34.0 Å². The highest BCUT2D eigenvalue weighted by Crippen LogP contribution is 2.31. The molecule has 0 radical (unpaired) electrons. The lowest BCUT2D eigenvalue weighted by molar-refractivity contribution is -0.147. The molecule has 5 nitrogen and oxygen atoms in total. The quantitative estimate of drug-likeness (QED) is 0.533. The minimum absolute atomic E-state index is 0.190. The number of hydrogen-bond donors (Lipinski definition) is 1. The maximum absolute atomic E-state index is 13.3. The number of anilines is 1. The fourth-order valence-corrected chi connectivity index (χ4v) is 3.50. The molecule has 0 bridgehead atoms. The summed E-state index contributed by atoms with van der Waals surface area (Å²) in [6, 6.07) is 13.2. The van der Waals surface area contributed by atoms with Crippen molar-refractivity contribution in [2.75, 3.05) is 5.32 Å². The molecule has 0 unspecified atom stereocenters. The molecule has 2 aromatic heterocycles. The van der Waals surface area contributed by atoms with E-state index < -0.39 is 24.5 Å². The SMILES string of the molecule is O=C(Cn1c(C(F)(F)F)nc2ccccc21)Nc1ccc(-c2nccs2)cc1. The number of hydrogen-bond acceptors (Lipinski definition) is 4. The molecule has 0 saturated heterocycles. The molecule has 0 fully saturated rings. The highest BCUT2D eigenvalue weighted by atomic mass is 32.1. The van der Waals surface area contributed by atoms with E-state index in [1.807, 2.05) is 5.38 Å². The van der Waals surface area contributed by atoms with Crippen LogP contribution in [0.5, 0.6) is 0 Å². The number of nitrogens with one attached hydrogen (secondary N) is 1. The Balaban J connectivity index is 1.56. The topological polar surface area (TPSA) is 59.8 Å². The Hall–Kier alpha value is -3.20. The van der Waals surface area contributed by atoms with Gasteiger partial charge in [-0.1, -0.05) is 12.1 Å². The Bertz CT molecular complexity index is 1120. The third kappa shape index (κ3) is 3.61. The van der Waals surface area contributed by atoms with Gasteiger partial charge in [-0.15, -0.1) is 11.3 Å². The monoisotopic (exact) mass is 402 g/mol. The van der Waals surface area contributed by atoms with Crippen LogP contribution in [0.15, 0.2) is 60.1 Å². The number of rotatable bonds is 4. The zero-order valence-corrected chi connectivity index (χ0v) is 15.1. The molecular formula is C19H13F3N4OS. The van der Waals surface area contributed by atoms with Crippen molar-refractivity contribution < 1.29 is 18.0 Å². The molecule has 0 saturated carbocycles. The van der Waals surface area contributed by atoms with E-state index in [2.05, 4.69) is 15.3 Å². The molecule has 142 valence electrons. The van der Waals surface area contributed by atoms with Crippen molar-refractivity contribution in [1.29, 1.82) is 0 Å². The van der Waals surface area contributed by atoms with Crippen molar-refractivity contribution in [2.45, 2.75) is 12.7 Å². The summed E-state index contributed by atoms with van der Waals surface area (Å²) in [5.74, 6) is -1.67. The minimum Gasteiger partial charge on any atom is -0.325 e. The molecule has 0 aliphatic rings. The number of halogens is 3. The maximum atomic E-state index is 13.3. The van der Waals surface area contributed by atoms with E-state index >= 15 is 0 Å². The summed E-state index contributed by atoms with van der Waals surface area (Å²) >= 11 is 1.49. The first kappa shape index (κ1) is 18.2. The molecular weight excluding hydrogens is 389 g/mol. The number of fused-ring (bicyclic) bond motifs is 1. The Morgan fingerprint density at radius 1 is 1.11 bits per heavy atom. The van der Waals surface area contributed by atoms with Crippen LogP contribution in [0.3, 0.4) is 0 Å². The van der Waals surface area contributed by atoms with Crippen LogP contribution in [0.2, 0.25) is 0 Å². The minimum atomic E-state index is -4.66. The summed E-state index contributed by atoms with van der Waals surface area (Å²) < 4.78 is 40.9. The second-order valence-corrected chi connectivity index (χ2v) is 6.87. The van der Waals surface area contributed by atoms with E-state index in [9.17, 15) is 18.0 Å². The third-order valence-corrected chi connectivity index (χ3v) is 4.88. The van der Waals surface area contributed by atoms with Crippen LogP contribution in [-0.2, 0) is 17.5 Å². The fourth-order valence-electron chi connectivity index (χ4n) is 2.86. The summed E-state index contributed by atoms with van der Waals surface area (Å²) in [5.41, 5.74) is 1.83. The number of benzene rings is 2. The molecule has 28 heavy (non-hydrogen) atoms. The van der Waals surface area contributed by atoms with Gasteiger partial charge in [0.2, 0.25) is 11.7 Å². The smallest absolute Gasteiger partial charge is 0.325 e. The number of amides is 1. The summed E-state index contributed by atoms with van der Waals surface area (Å²) in [6.07, 6.45) is -2.96. The van der Waals surface area contributed by atoms with Gasteiger partial charge in [-0.3, -0.25) is 4.79 Å². The van der Waals surface area contributed by atoms with E-state index in [1.165, 1.54) is 23.5 Å². The number of thiazole rings is 1. The van der Waals surface area contributed by atoms with Crippen molar-refractivity contribution in [3.63, 3.8) is 0 Å². The highest BCUT2D eigenvalue weighted by molar-refractivity contribution is 7.13. The van der Waals surface area contributed by atoms with Gasteiger partial charge < -0.3 is 9.88 Å². The van der Waals surface area contributed by atoms with Gasteiger partial charge in [0, 0.05) is 22.8 Å². The molecule has 0 spiro atoms. The molecule has 0 aliphatic heterocycles. The number of aromatic nitrogens is 3.